The van der Waals surface area contributed by atoms with Gasteiger partial charge in [-0.25, -0.2) is 0 Å². The quantitative estimate of drug-likeness (QED) is 0.450. The monoisotopic (exact) mass is 275 g/mol. The molecule has 0 amide bonds. The fourth-order valence-electron chi connectivity index (χ4n) is 1.45. The van der Waals surface area contributed by atoms with E-state index in [0.717, 1.165) is 18.3 Å². The molecule has 0 saturated carbocycles. The average Bonchev–Trinajstić information content (AvgIpc) is 2.38. The lowest BCUT2D eigenvalue weighted by molar-refractivity contribution is 0.340. The Labute approximate surface area is 108 Å². The summed E-state index contributed by atoms with van der Waals surface area (Å²) in [6.07, 6.45) is 1.37. The topological polar surface area (TPSA) is 38.3 Å². The zero-order valence-corrected chi connectivity index (χ0v) is 11.7. The summed E-state index contributed by atoms with van der Waals surface area (Å²) in [5, 5.41) is 3.90. The molecule has 0 fully saturated rings. The van der Waals surface area contributed by atoms with Crippen molar-refractivity contribution >= 4 is 24.3 Å². The molecule has 0 heterocycles. The molecule has 0 saturated heterocycles. The Morgan fingerprint density at radius 2 is 2.06 bits per heavy atom. The third kappa shape index (κ3) is 4.81. The average molecular weight is 276 g/mol. The fraction of sp³-hybridized carbons (Fsp3) is 0.500. The second kappa shape index (κ2) is 7.88. The molecule has 0 radical (unpaired) electrons. The zero-order chi connectivity index (χ0) is 12.6. The Bertz CT molecular complexity index is 359. The van der Waals surface area contributed by atoms with Crippen molar-refractivity contribution in [1.82, 2.24) is 5.32 Å². The first-order valence-corrected chi connectivity index (χ1v) is 8.13. The van der Waals surface area contributed by atoms with Crippen molar-refractivity contribution in [1.29, 1.82) is 0 Å². The normalized spacial score (nSPS) is 14.5. The highest BCUT2D eigenvalue weighted by Gasteiger charge is 2.24. The maximum Gasteiger partial charge on any atom is 0.245 e. The molecule has 5 heteroatoms. The molecule has 0 bridgehead atoms. The van der Waals surface area contributed by atoms with E-state index in [1.165, 1.54) is 0 Å². The summed E-state index contributed by atoms with van der Waals surface area (Å²) < 4.78 is 18.2. The summed E-state index contributed by atoms with van der Waals surface area (Å²) in [6.45, 7) is 3.21. The van der Waals surface area contributed by atoms with E-state index >= 15 is 0 Å². The number of nitrogens with one attached hydrogen (secondary N) is 1. The van der Waals surface area contributed by atoms with Crippen molar-refractivity contribution in [3.63, 3.8) is 0 Å². The summed E-state index contributed by atoms with van der Waals surface area (Å²) >= 11 is 5.59. The van der Waals surface area contributed by atoms with Crippen LogP contribution in [0.15, 0.2) is 30.3 Å². The molecule has 1 unspecified atom stereocenters. The molecular weight excluding hydrogens is 257 g/mol. The fourth-order valence-corrected chi connectivity index (χ4v) is 3.52. The minimum atomic E-state index is -2.81. The third-order valence-electron chi connectivity index (χ3n) is 2.27. The molecule has 1 aromatic rings. The summed E-state index contributed by atoms with van der Waals surface area (Å²) in [5.41, 5.74) is 0. The summed E-state index contributed by atoms with van der Waals surface area (Å²) in [6, 6.07) is 9.30. The predicted molar refractivity (Wildman–Crippen MR) is 73.5 cm³/mol. The number of alkyl halides is 1. The molecule has 0 aliphatic rings. The van der Waals surface area contributed by atoms with Gasteiger partial charge in [0.15, 0.2) is 0 Å². The number of halogens is 1. The minimum Gasteiger partial charge on any atom is -0.323 e. The van der Waals surface area contributed by atoms with E-state index in [4.69, 9.17) is 16.1 Å². The summed E-state index contributed by atoms with van der Waals surface area (Å²) in [5.74, 6) is 0.352. The molecular formula is C12H19ClNO2P. The highest BCUT2D eigenvalue weighted by Crippen LogP contribution is 2.44. The first-order valence-electron chi connectivity index (χ1n) is 5.79. The van der Waals surface area contributed by atoms with E-state index in [9.17, 15) is 4.57 Å². The van der Waals surface area contributed by atoms with Gasteiger partial charge in [0, 0.05) is 11.2 Å². The second-order valence-corrected chi connectivity index (χ2v) is 6.50. The van der Waals surface area contributed by atoms with Crippen LogP contribution in [0.2, 0.25) is 0 Å². The summed E-state index contributed by atoms with van der Waals surface area (Å²) in [4.78, 5) is 0. The lowest BCUT2D eigenvalue weighted by Crippen LogP contribution is -2.22. The van der Waals surface area contributed by atoms with Crippen LogP contribution in [0, 0.1) is 0 Å². The molecule has 1 N–H and O–H groups in total. The van der Waals surface area contributed by atoms with Gasteiger partial charge in [-0.1, -0.05) is 25.1 Å². The van der Waals surface area contributed by atoms with E-state index in [0.29, 0.717) is 18.8 Å². The van der Waals surface area contributed by atoms with Crippen LogP contribution in [-0.4, -0.2) is 25.3 Å². The van der Waals surface area contributed by atoms with Crippen molar-refractivity contribution in [2.45, 2.75) is 13.3 Å². The van der Waals surface area contributed by atoms with Crippen molar-refractivity contribution in [2.75, 3.05) is 25.3 Å². The van der Waals surface area contributed by atoms with Gasteiger partial charge >= 0.3 is 0 Å². The van der Waals surface area contributed by atoms with E-state index in [2.05, 4.69) is 12.2 Å². The van der Waals surface area contributed by atoms with Crippen molar-refractivity contribution in [3.05, 3.63) is 30.3 Å². The van der Waals surface area contributed by atoms with Gasteiger partial charge in [0.25, 0.3) is 0 Å². The summed E-state index contributed by atoms with van der Waals surface area (Å²) in [7, 11) is -2.81. The zero-order valence-electron chi connectivity index (χ0n) is 10.1. The van der Waals surface area contributed by atoms with Gasteiger partial charge in [0.2, 0.25) is 7.37 Å². The van der Waals surface area contributed by atoms with Gasteiger partial charge in [-0.15, -0.1) is 11.6 Å². The van der Waals surface area contributed by atoms with E-state index in [-0.39, 0.29) is 0 Å². The standard InChI is InChI=1S/C12H19ClNO2P/c1-2-9-14-11-17(15,16-10-8-13)12-6-4-3-5-7-12/h3-7,14H,2,8-11H2,1H3. The number of benzene rings is 1. The van der Waals surface area contributed by atoms with Crippen LogP contribution >= 0.6 is 19.0 Å². The smallest absolute Gasteiger partial charge is 0.245 e. The molecule has 0 aliphatic carbocycles. The Morgan fingerprint density at radius 3 is 2.65 bits per heavy atom. The number of rotatable bonds is 8. The number of hydrogen-bond donors (Lipinski definition) is 1. The van der Waals surface area contributed by atoms with Crippen molar-refractivity contribution < 1.29 is 9.09 Å². The highest BCUT2D eigenvalue weighted by atomic mass is 35.5. The largest absolute Gasteiger partial charge is 0.323 e. The van der Waals surface area contributed by atoms with Crippen molar-refractivity contribution in [3.8, 4) is 0 Å². The molecule has 0 spiro atoms. The van der Waals surface area contributed by atoms with Gasteiger partial charge in [0.05, 0.1) is 12.9 Å². The highest BCUT2D eigenvalue weighted by molar-refractivity contribution is 7.66. The maximum atomic E-state index is 12.7. The van der Waals surface area contributed by atoms with Crippen LogP contribution in [0.3, 0.4) is 0 Å². The molecule has 1 atom stereocenters. The SMILES string of the molecule is CCCNCP(=O)(OCCCl)c1ccccc1. The molecule has 0 aliphatic heterocycles. The maximum absolute atomic E-state index is 12.7. The van der Waals surface area contributed by atoms with Gasteiger partial charge in [-0.05, 0) is 25.1 Å². The van der Waals surface area contributed by atoms with Crippen LogP contribution in [0.4, 0.5) is 0 Å². The Morgan fingerprint density at radius 1 is 1.35 bits per heavy atom. The first kappa shape index (κ1) is 14.7. The van der Waals surface area contributed by atoms with Crippen LogP contribution in [0.1, 0.15) is 13.3 Å². The van der Waals surface area contributed by atoms with Gasteiger partial charge in [0.1, 0.15) is 0 Å². The lowest BCUT2D eigenvalue weighted by atomic mass is 10.4. The van der Waals surface area contributed by atoms with Crippen LogP contribution in [0.25, 0.3) is 0 Å². The second-order valence-electron chi connectivity index (χ2n) is 3.69. The predicted octanol–water partition coefficient (Wildman–Crippen LogP) is 2.80. The Balaban J connectivity index is 2.75. The van der Waals surface area contributed by atoms with Gasteiger partial charge < -0.3 is 9.84 Å². The number of hydrogen-bond acceptors (Lipinski definition) is 3. The van der Waals surface area contributed by atoms with Crippen LogP contribution < -0.4 is 10.6 Å². The Kier molecular flexibility index (Phi) is 6.83. The van der Waals surface area contributed by atoms with Crippen LogP contribution in [0.5, 0.6) is 0 Å². The molecule has 1 rings (SSSR count). The van der Waals surface area contributed by atoms with E-state index < -0.39 is 7.37 Å². The molecule has 0 aromatic heterocycles. The lowest BCUT2D eigenvalue weighted by Gasteiger charge is -2.19. The third-order valence-corrected chi connectivity index (χ3v) is 4.75. The van der Waals surface area contributed by atoms with Crippen LogP contribution in [-0.2, 0) is 9.09 Å². The van der Waals surface area contributed by atoms with E-state index in [1.807, 2.05) is 30.3 Å². The van der Waals surface area contributed by atoms with Crippen molar-refractivity contribution in [2.24, 2.45) is 0 Å². The van der Waals surface area contributed by atoms with Gasteiger partial charge in [-0.3, -0.25) is 4.57 Å². The molecule has 1 aromatic carbocycles. The first-order chi connectivity index (χ1) is 8.23. The molecule has 17 heavy (non-hydrogen) atoms. The molecule has 96 valence electrons. The Hall–Kier alpha value is -0.340. The minimum absolute atomic E-state index is 0.307. The van der Waals surface area contributed by atoms with Gasteiger partial charge in [-0.2, -0.15) is 0 Å². The van der Waals surface area contributed by atoms with E-state index in [1.54, 1.807) is 0 Å². The molecule has 3 nitrogen and oxygen atoms in total.